The molecule has 1 unspecified atom stereocenters. The highest BCUT2D eigenvalue weighted by Crippen LogP contribution is 2.35. The fraction of sp³-hybridized carbons (Fsp3) is 0.333. The van der Waals surface area contributed by atoms with Gasteiger partial charge in [0.05, 0.1) is 6.42 Å². The van der Waals surface area contributed by atoms with Crippen LogP contribution in [-0.2, 0) is 16.0 Å². The summed E-state index contributed by atoms with van der Waals surface area (Å²) in [4.78, 5) is 27.4. The Labute approximate surface area is 167 Å². The minimum absolute atomic E-state index is 0.0767. The number of nitrogens with one attached hydrogen (secondary N) is 1. The highest BCUT2D eigenvalue weighted by Gasteiger charge is 2.34. The lowest BCUT2D eigenvalue weighted by molar-refractivity contribution is -0.136. The van der Waals surface area contributed by atoms with E-state index in [4.69, 9.17) is 18.9 Å². The maximum absolute atomic E-state index is 12.9. The summed E-state index contributed by atoms with van der Waals surface area (Å²) in [5.74, 6) is 2.32. The number of carbonyl (C=O) groups is 2. The molecule has 0 spiro atoms. The second-order valence-electron chi connectivity index (χ2n) is 7.17. The van der Waals surface area contributed by atoms with Gasteiger partial charge in [0, 0.05) is 18.3 Å². The molecule has 1 fully saturated rings. The number of amides is 2. The Kier molecular flexibility index (Phi) is 4.38. The number of benzene rings is 2. The maximum Gasteiger partial charge on any atom is 0.247 e. The van der Waals surface area contributed by atoms with Crippen molar-refractivity contribution in [2.45, 2.75) is 25.3 Å². The van der Waals surface area contributed by atoms with Crippen molar-refractivity contribution in [3.8, 4) is 23.0 Å². The Bertz CT molecular complexity index is 898. The second kappa shape index (κ2) is 7.20. The van der Waals surface area contributed by atoms with Gasteiger partial charge in [0.25, 0.3) is 0 Å². The van der Waals surface area contributed by atoms with Crippen molar-refractivity contribution in [3.63, 3.8) is 0 Å². The molecule has 0 bridgehead atoms. The molecule has 150 valence electrons. The minimum atomic E-state index is -0.484. The number of hydrogen-bond acceptors (Lipinski definition) is 6. The number of rotatable bonds is 4. The molecule has 1 atom stereocenters. The largest absolute Gasteiger partial charge is 0.454 e. The minimum Gasteiger partial charge on any atom is -0.454 e. The van der Waals surface area contributed by atoms with Gasteiger partial charge in [-0.1, -0.05) is 6.07 Å². The molecule has 8 nitrogen and oxygen atoms in total. The van der Waals surface area contributed by atoms with Gasteiger partial charge in [-0.2, -0.15) is 0 Å². The molecule has 5 rings (SSSR count). The van der Waals surface area contributed by atoms with Gasteiger partial charge in [0.15, 0.2) is 23.0 Å². The first-order valence-electron chi connectivity index (χ1n) is 9.56. The zero-order chi connectivity index (χ0) is 19.8. The van der Waals surface area contributed by atoms with E-state index in [9.17, 15) is 9.59 Å². The van der Waals surface area contributed by atoms with Crippen molar-refractivity contribution in [2.24, 2.45) is 0 Å². The number of nitrogens with zero attached hydrogens (tertiary/aromatic N) is 1. The van der Waals surface area contributed by atoms with Gasteiger partial charge in [-0.05, 0) is 42.7 Å². The first-order valence-corrected chi connectivity index (χ1v) is 9.56. The van der Waals surface area contributed by atoms with E-state index in [1.165, 1.54) is 0 Å². The van der Waals surface area contributed by atoms with Gasteiger partial charge in [0.2, 0.25) is 25.4 Å². The predicted octanol–water partition coefficient (Wildman–Crippen LogP) is 2.32. The van der Waals surface area contributed by atoms with E-state index >= 15 is 0 Å². The monoisotopic (exact) mass is 396 g/mol. The van der Waals surface area contributed by atoms with E-state index in [1.54, 1.807) is 29.2 Å². The molecule has 1 N–H and O–H groups in total. The first kappa shape index (κ1) is 17.7. The number of carbonyl (C=O) groups excluding carboxylic acids is 2. The van der Waals surface area contributed by atoms with Gasteiger partial charge in [-0.3, -0.25) is 9.59 Å². The lowest BCUT2D eigenvalue weighted by atomic mass is 10.1. The van der Waals surface area contributed by atoms with Crippen LogP contribution < -0.4 is 24.3 Å². The molecule has 1 saturated heterocycles. The highest BCUT2D eigenvalue weighted by molar-refractivity contribution is 5.98. The molecule has 2 aromatic rings. The SMILES string of the molecule is O=C(Nc1ccc2c(c1)OCO2)C1CCCN1C(=O)Cc1ccc2c(c1)OCO2. The van der Waals surface area contributed by atoms with Gasteiger partial charge >= 0.3 is 0 Å². The van der Waals surface area contributed by atoms with Crippen LogP contribution in [0.4, 0.5) is 5.69 Å². The second-order valence-corrected chi connectivity index (χ2v) is 7.17. The summed E-state index contributed by atoms with van der Waals surface area (Å²) in [6, 6.07) is 10.2. The van der Waals surface area contributed by atoms with E-state index in [-0.39, 0.29) is 31.8 Å². The van der Waals surface area contributed by atoms with Crippen LogP contribution in [-0.4, -0.2) is 42.9 Å². The van der Waals surface area contributed by atoms with Crippen LogP contribution in [0.3, 0.4) is 0 Å². The third-order valence-corrected chi connectivity index (χ3v) is 5.31. The van der Waals surface area contributed by atoms with Gasteiger partial charge in [-0.15, -0.1) is 0 Å². The van der Waals surface area contributed by atoms with Crippen molar-refractivity contribution in [3.05, 3.63) is 42.0 Å². The molecule has 2 amide bonds. The highest BCUT2D eigenvalue weighted by atomic mass is 16.7. The summed E-state index contributed by atoms with van der Waals surface area (Å²) >= 11 is 0. The van der Waals surface area contributed by atoms with E-state index in [1.807, 2.05) is 12.1 Å². The average Bonchev–Trinajstić information content (AvgIpc) is 3.46. The van der Waals surface area contributed by atoms with Crippen molar-refractivity contribution in [2.75, 3.05) is 25.4 Å². The maximum atomic E-state index is 12.9. The summed E-state index contributed by atoms with van der Waals surface area (Å²) < 4.78 is 21.3. The van der Waals surface area contributed by atoms with Crippen LogP contribution in [0.1, 0.15) is 18.4 Å². The van der Waals surface area contributed by atoms with E-state index < -0.39 is 6.04 Å². The molecule has 2 aromatic carbocycles. The molecule has 0 aliphatic carbocycles. The topological polar surface area (TPSA) is 86.3 Å². The van der Waals surface area contributed by atoms with Crippen LogP contribution in [0.2, 0.25) is 0 Å². The third kappa shape index (κ3) is 3.41. The summed E-state index contributed by atoms with van der Waals surface area (Å²) in [5, 5.41) is 2.89. The first-order chi connectivity index (χ1) is 14.2. The predicted molar refractivity (Wildman–Crippen MR) is 102 cm³/mol. The van der Waals surface area contributed by atoms with E-state index in [0.29, 0.717) is 41.7 Å². The Morgan fingerprint density at radius 3 is 2.41 bits per heavy atom. The van der Waals surface area contributed by atoms with E-state index in [0.717, 1.165) is 12.0 Å². The third-order valence-electron chi connectivity index (χ3n) is 5.31. The van der Waals surface area contributed by atoms with Crippen molar-refractivity contribution >= 4 is 17.5 Å². The van der Waals surface area contributed by atoms with Crippen molar-refractivity contribution < 1.29 is 28.5 Å². The fourth-order valence-corrected chi connectivity index (χ4v) is 3.86. The zero-order valence-corrected chi connectivity index (χ0v) is 15.7. The van der Waals surface area contributed by atoms with Crippen LogP contribution in [0.25, 0.3) is 0 Å². The number of anilines is 1. The molecular weight excluding hydrogens is 376 g/mol. The van der Waals surface area contributed by atoms with E-state index in [2.05, 4.69) is 5.32 Å². The van der Waals surface area contributed by atoms with Crippen LogP contribution >= 0.6 is 0 Å². The average molecular weight is 396 g/mol. The van der Waals surface area contributed by atoms with Gasteiger partial charge in [-0.25, -0.2) is 0 Å². The molecule has 3 aliphatic heterocycles. The Balaban J connectivity index is 1.25. The summed E-state index contributed by atoms with van der Waals surface area (Å²) in [6.07, 6.45) is 1.65. The standard InChI is InChI=1S/C21H20N2O6/c24-20(9-13-3-5-16-18(8-13)28-11-26-16)23-7-1-2-15(23)21(25)22-14-4-6-17-19(10-14)29-12-27-17/h3-6,8,10,15H,1-2,7,9,11-12H2,(H,22,25). The molecule has 0 radical (unpaired) electrons. The lowest BCUT2D eigenvalue weighted by Gasteiger charge is -2.24. The molecule has 29 heavy (non-hydrogen) atoms. The quantitative estimate of drug-likeness (QED) is 0.854. The summed E-state index contributed by atoms with van der Waals surface area (Å²) in [7, 11) is 0. The molecule has 0 saturated carbocycles. The smallest absolute Gasteiger partial charge is 0.247 e. The summed E-state index contributed by atoms with van der Waals surface area (Å²) in [5.41, 5.74) is 1.45. The number of likely N-dealkylation sites (tertiary alicyclic amines) is 1. The normalized spacial score (nSPS) is 18.8. The molecule has 8 heteroatoms. The van der Waals surface area contributed by atoms with Gasteiger partial charge < -0.3 is 29.2 Å². The summed E-state index contributed by atoms with van der Waals surface area (Å²) in [6.45, 7) is 0.946. The van der Waals surface area contributed by atoms with Crippen LogP contribution in [0.5, 0.6) is 23.0 Å². The number of fused-ring (bicyclic) bond motifs is 2. The Morgan fingerprint density at radius 1 is 0.931 bits per heavy atom. The molecule has 3 aliphatic rings. The van der Waals surface area contributed by atoms with Gasteiger partial charge in [0.1, 0.15) is 6.04 Å². The van der Waals surface area contributed by atoms with Crippen LogP contribution in [0, 0.1) is 0 Å². The molecular formula is C21H20N2O6. The van der Waals surface area contributed by atoms with Crippen molar-refractivity contribution in [1.29, 1.82) is 0 Å². The Morgan fingerprint density at radius 2 is 1.62 bits per heavy atom. The Hall–Kier alpha value is -3.42. The molecule has 0 aromatic heterocycles. The zero-order valence-electron chi connectivity index (χ0n) is 15.7. The fourth-order valence-electron chi connectivity index (χ4n) is 3.86. The van der Waals surface area contributed by atoms with Crippen LogP contribution in [0.15, 0.2) is 36.4 Å². The van der Waals surface area contributed by atoms with Crippen molar-refractivity contribution in [1.82, 2.24) is 4.90 Å². The number of ether oxygens (including phenoxy) is 4. The molecule has 3 heterocycles. The lowest BCUT2D eigenvalue weighted by Crippen LogP contribution is -2.43. The number of hydrogen-bond donors (Lipinski definition) is 1.